The molecule has 10 nitrogen and oxygen atoms in total. The summed E-state index contributed by atoms with van der Waals surface area (Å²) in [6.07, 6.45) is 3.32. The van der Waals surface area contributed by atoms with Gasteiger partial charge in [-0.3, -0.25) is 30.2 Å². The number of nitro groups is 2. The van der Waals surface area contributed by atoms with Crippen molar-refractivity contribution in [3.8, 4) is 0 Å². The molecule has 0 radical (unpaired) electrons. The van der Waals surface area contributed by atoms with Gasteiger partial charge in [-0.2, -0.15) is 0 Å². The standard InChI is InChI=1S/2C21H17N3O2/c2*1-2-23-20-9-4-3-8-18(20)19-13-16(10-11-21(19)23)22-14-15-6-5-7-17(12-15)24(25)26/h2*3-14H,2H2,1H3. The van der Waals surface area contributed by atoms with Crippen LogP contribution < -0.4 is 0 Å². The van der Waals surface area contributed by atoms with Gasteiger partial charge in [-0.25, -0.2) is 0 Å². The first-order chi connectivity index (χ1) is 25.3. The maximum Gasteiger partial charge on any atom is 0.270 e. The quantitative estimate of drug-likeness (QED) is 0.0897. The summed E-state index contributed by atoms with van der Waals surface area (Å²) in [5.74, 6) is 0. The van der Waals surface area contributed by atoms with Gasteiger partial charge >= 0.3 is 0 Å². The average Bonchev–Trinajstić information content (AvgIpc) is 3.68. The zero-order chi connectivity index (χ0) is 36.2. The Morgan fingerprint density at radius 1 is 0.500 bits per heavy atom. The lowest BCUT2D eigenvalue weighted by Gasteiger charge is -2.02. The van der Waals surface area contributed by atoms with Crippen molar-refractivity contribution >= 4 is 78.8 Å². The van der Waals surface area contributed by atoms with Gasteiger partial charge in [0.05, 0.1) is 21.2 Å². The topological polar surface area (TPSA) is 121 Å². The molecule has 0 saturated carbocycles. The minimum Gasteiger partial charge on any atom is -0.341 e. The van der Waals surface area contributed by atoms with Gasteiger partial charge in [-0.05, 0) is 73.5 Å². The van der Waals surface area contributed by atoms with E-state index in [1.165, 1.54) is 57.1 Å². The highest BCUT2D eigenvalue weighted by Crippen LogP contribution is 2.33. The van der Waals surface area contributed by atoms with Crippen LogP contribution in [-0.4, -0.2) is 31.4 Å². The van der Waals surface area contributed by atoms with Gasteiger partial charge in [0, 0.05) is 93.4 Å². The van der Waals surface area contributed by atoms with Gasteiger partial charge in [0.15, 0.2) is 0 Å². The van der Waals surface area contributed by atoms with Crippen molar-refractivity contribution in [1.29, 1.82) is 0 Å². The number of rotatable bonds is 8. The van der Waals surface area contributed by atoms with Crippen molar-refractivity contribution in [2.75, 3.05) is 0 Å². The maximum atomic E-state index is 10.9. The molecule has 10 heteroatoms. The Kier molecular flexibility index (Phi) is 9.36. The van der Waals surface area contributed by atoms with Crippen LogP contribution in [0.5, 0.6) is 0 Å². The molecule has 52 heavy (non-hydrogen) atoms. The number of aromatic nitrogens is 2. The minimum atomic E-state index is -0.400. The van der Waals surface area contributed by atoms with E-state index in [4.69, 9.17) is 0 Å². The minimum absolute atomic E-state index is 0.0652. The fourth-order valence-corrected chi connectivity index (χ4v) is 6.66. The van der Waals surface area contributed by atoms with Gasteiger partial charge in [0.1, 0.15) is 0 Å². The zero-order valence-corrected chi connectivity index (χ0v) is 28.6. The molecule has 256 valence electrons. The van der Waals surface area contributed by atoms with E-state index in [0.717, 1.165) is 35.2 Å². The Balaban J connectivity index is 0.000000162. The Hall–Kier alpha value is -6.94. The third-order valence-electron chi connectivity index (χ3n) is 9.03. The fourth-order valence-electron chi connectivity index (χ4n) is 6.66. The van der Waals surface area contributed by atoms with E-state index >= 15 is 0 Å². The van der Waals surface area contributed by atoms with Crippen LogP contribution in [0.15, 0.2) is 143 Å². The molecule has 0 amide bonds. The van der Waals surface area contributed by atoms with E-state index in [-0.39, 0.29) is 11.4 Å². The molecule has 2 aromatic heterocycles. The molecule has 0 aliphatic heterocycles. The zero-order valence-electron chi connectivity index (χ0n) is 28.6. The summed E-state index contributed by atoms with van der Waals surface area (Å²) in [7, 11) is 0. The van der Waals surface area contributed by atoms with Crippen LogP contribution in [-0.2, 0) is 13.1 Å². The lowest BCUT2D eigenvalue weighted by Crippen LogP contribution is -1.92. The van der Waals surface area contributed by atoms with E-state index in [9.17, 15) is 20.2 Å². The molecular formula is C42H34N6O4. The first kappa shape index (κ1) is 33.6. The number of nitrogens with zero attached hydrogens (tertiary/aromatic N) is 6. The summed E-state index contributed by atoms with van der Waals surface area (Å²) >= 11 is 0. The lowest BCUT2D eigenvalue weighted by atomic mass is 10.1. The average molecular weight is 687 g/mol. The van der Waals surface area contributed by atoms with Crippen molar-refractivity contribution in [2.45, 2.75) is 26.9 Å². The highest BCUT2D eigenvalue weighted by molar-refractivity contribution is 6.10. The molecular weight excluding hydrogens is 653 g/mol. The van der Waals surface area contributed by atoms with Crippen LogP contribution in [0.2, 0.25) is 0 Å². The number of benzene rings is 6. The van der Waals surface area contributed by atoms with E-state index in [2.05, 4.69) is 93.6 Å². The predicted octanol–water partition coefficient (Wildman–Crippen LogP) is 10.9. The van der Waals surface area contributed by atoms with Gasteiger partial charge in [-0.1, -0.05) is 60.7 Å². The summed E-state index contributed by atoms with van der Waals surface area (Å²) in [6, 6.07) is 41.9. The van der Waals surface area contributed by atoms with Crippen LogP contribution in [0.1, 0.15) is 25.0 Å². The van der Waals surface area contributed by atoms with Gasteiger partial charge in [0.25, 0.3) is 11.4 Å². The van der Waals surface area contributed by atoms with Crippen molar-refractivity contribution in [3.63, 3.8) is 0 Å². The maximum absolute atomic E-state index is 10.9. The van der Waals surface area contributed by atoms with Crippen LogP contribution >= 0.6 is 0 Å². The number of non-ortho nitro benzene ring substituents is 2. The van der Waals surface area contributed by atoms with E-state index in [0.29, 0.717) is 11.1 Å². The molecule has 0 aliphatic rings. The van der Waals surface area contributed by atoms with Crippen LogP contribution in [0, 0.1) is 20.2 Å². The SMILES string of the molecule is CCn1c2ccccc2c2cc(N=Cc3cccc([N+](=O)[O-])c3)ccc21.CCn1c2ccccc2c2cc(N=Cc3cccc([N+](=O)[O-])c3)ccc21. The van der Waals surface area contributed by atoms with E-state index in [1.807, 2.05) is 24.3 Å². The molecule has 0 aliphatic carbocycles. The highest BCUT2D eigenvalue weighted by atomic mass is 16.6. The van der Waals surface area contributed by atoms with Crippen molar-refractivity contribution in [1.82, 2.24) is 9.13 Å². The summed E-state index contributed by atoms with van der Waals surface area (Å²) in [5, 5.41) is 26.5. The van der Waals surface area contributed by atoms with Crippen molar-refractivity contribution < 1.29 is 9.85 Å². The number of aliphatic imine (C=N–C) groups is 2. The number of para-hydroxylation sites is 2. The number of nitro benzene ring substituents is 2. The number of hydrogen-bond acceptors (Lipinski definition) is 6. The second-order valence-electron chi connectivity index (χ2n) is 12.1. The normalized spacial score (nSPS) is 11.6. The summed E-state index contributed by atoms with van der Waals surface area (Å²) in [5.41, 5.74) is 7.98. The third kappa shape index (κ3) is 6.65. The Bertz CT molecular complexity index is 2500. The van der Waals surface area contributed by atoms with Crippen molar-refractivity contribution in [2.24, 2.45) is 9.98 Å². The monoisotopic (exact) mass is 686 g/mol. The summed E-state index contributed by atoms with van der Waals surface area (Å²) in [6.45, 7) is 6.08. The van der Waals surface area contributed by atoms with Crippen LogP contribution in [0.3, 0.4) is 0 Å². The fraction of sp³-hybridized carbons (Fsp3) is 0.0952. The largest absolute Gasteiger partial charge is 0.341 e. The molecule has 2 heterocycles. The molecule has 0 bridgehead atoms. The Labute approximate surface area is 298 Å². The van der Waals surface area contributed by atoms with Crippen LogP contribution in [0.25, 0.3) is 43.6 Å². The van der Waals surface area contributed by atoms with E-state index in [1.54, 1.807) is 36.7 Å². The molecule has 0 atom stereocenters. The number of hydrogen-bond donors (Lipinski definition) is 0. The molecule has 0 N–H and O–H groups in total. The molecule has 6 aromatic carbocycles. The third-order valence-corrected chi connectivity index (χ3v) is 9.03. The van der Waals surface area contributed by atoms with Crippen molar-refractivity contribution in [3.05, 3.63) is 165 Å². The summed E-state index contributed by atoms with van der Waals surface area (Å²) in [4.78, 5) is 30.0. The second kappa shape index (κ2) is 14.5. The van der Waals surface area contributed by atoms with Crippen LogP contribution in [0.4, 0.5) is 22.7 Å². The Morgan fingerprint density at radius 2 is 0.904 bits per heavy atom. The molecule has 0 fully saturated rings. The number of fused-ring (bicyclic) bond motifs is 6. The summed E-state index contributed by atoms with van der Waals surface area (Å²) < 4.78 is 4.58. The second-order valence-corrected chi connectivity index (χ2v) is 12.1. The predicted molar refractivity (Wildman–Crippen MR) is 211 cm³/mol. The van der Waals surface area contributed by atoms with Gasteiger partial charge < -0.3 is 9.13 Å². The molecule has 8 aromatic rings. The molecule has 0 unspecified atom stereocenters. The van der Waals surface area contributed by atoms with Gasteiger partial charge in [-0.15, -0.1) is 0 Å². The first-order valence-electron chi connectivity index (χ1n) is 16.9. The molecule has 8 rings (SSSR count). The molecule has 0 spiro atoms. The number of aryl methyl sites for hydroxylation is 2. The highest BCUT2D eigenvalue weighted by Gasteiger charge is 2.11. The smallest absolute Gasteiger partial charge is 0.270 e. The van der Waals surface area contributed by atoms with E-state index < -0.39 is 9.85 Å². The van der Waals surface area contributed by atoms with Gasteiger partial charge in [0.2, 0.25) is 0 Å². The molecule has 0 saturated heterocycles. The Morgan fingerprint density at radius 3 is 1.31 bits per heavy atom. The first-order valence-corrected chi connectivity index (χ1v) is 16.9. The lowest BCUT2D eigenvalue weighted by molar-refractivity contribution is -0.385.